The maximum absolute atomic E-state index is 12.4. The van der Waals surface area contributed by atoms with Crippen LogP contribution in [0, 0.1) is 0 Å². The summed E-state index contributed by atoms with van der Waals surface area (Å²) in [7, 11) is 0. The Balaban J connectivity index is 2.08. The van der Waals surface area contributed by atoms with Crippen molar-refractivity contribution in [2.75, 3.05) is 0 Å². The van der Waals surface area contributed by atoms with Crippen molar-refractivity contribution in [3.05, 3.63) is 35.4 Å². The minimum Gasteiger partial charge on any atom is -0.255 e. The van der Waals surface area contributed by atoms with Crippen LogP contribution in [0.15, 0.2) is 24.3 Å². The molecule has 17 heavy (non-hydrogen) atoms. The number of benzene rings is 1. The van der Waals surface area contributed by atoms with Crippen molar-refractivity contribution in [3.63, 3.8) is 0 Å². The Hall–Kier alpha value is -1.03. The van der Waals surface area contributed by atoms with Crippen LogP contribution in [0.25, 0.3) is 0 Å². The van der Waals surface area contributed by atoms with E-state index in [-0.39, 0.29) is 6.04 Å². The molecule has 2 rings (SSSR count). The van der Waals surface area contributed by atoms with Crippen LogP contribution in [0.1, 0.15) is 42.7 Å². The fourth-order valence-electron chi connectivity index (χ4n) is 2.37. The molecule has 93 valence electrons. The van der Waals surface area contributed by atoms with E-state index in [9.17, 15) is 13.2 Å². The van der Waals surface area contributed by atoms with Gasteiger partial charge >= 0.3 is 6.18 Å². The molecular weight excluding hydrogens is 227 g/mol. The molecule has 1 aromatic rings. The Morgan fingerprint density at radius 3 is 1.94 bits per heavy atom. The van der Waals surface area contributed by atoms with Crippen molar-refractivity contribution < 1.29 is 13.2 Å². The lowest BCUT2D eigenvalue weighted by Crippen LogP contribution is -2.18. The van der Waals surface area contributed by atoms with Gasteiger partial charge in [0, 0.05) is 6.04 Å². The second kappa shape index (κ2) is 4.69. The molecule has 0 bridgehead atoms. The molecule has 1 saturated carbocycles. The summed E-state index contributed by atoms with van der Waals surface area (Å²) in [4.78, 5) is 0. The van der Waals surface area contributed by atoms with Gasteiger partial charge in [-0.1, -0.05) is 12.1 Å². The Morgan fingerprint density at radius 2 is 1.47 bits per heavy atom. The van der Waals surface area contributed by atoms with Gasteiger partial charge in [0.25, 0.3) is 0 Å². The molecule has 0 saturated heterocycles. The van der Waals surface area contributed by atoms with Crippen LogP contribution < -0.4 is 5.73 Å². The fourth-order valence-corrected chi connectivity index (χ4v) is 2.37. The van der Waals surface area contributed by atoms with E-state index < -0.39 is 11.7 Å². The summed E-state index contributed by atoms with van der Waals surface area (Å²) in [6, 6.07) is 5.49. The fraction of sp³-hybridized carbons (Fsp3) is 0.538. The maximum atomic E-state index is 12.4. The molecule has 0 aromatic heterocycles. The second-order valence-electron chi connectivity index (χ2n) is 4.67. The summed E-state index contributed by atoms with van der Waals surface area (Å²) < 4.78 is 37.2. The number of rotatable bonds is 1. The normalized spacial score (nSPS) is 25.9. The number of nitrogens with one attached hydrogen (secondary N) is 1. The first-order valence-electron chi connectivity index (χ1n) is 5.85. The van der Waals surface area contributed by atoms with Crippen LogP contribution in [-0.4, -0.2) is 6.04 Å². The van der Waals surface area contributed by atoms with Gasteiger partial charge < -0.3 is 0 Å². The van der Waals surface area contributed by atoms with E-state index in [1.165, 1.54) is 0 Å². The Kier molecular flexibility index (Phi) is 3.43. The van der Waals surface area contributed by atoms with Crippen molar-refractivity contribution in [2.24, 2.45) is 0 Å². The average Bonchev–Trinajstić information content (AvgIpc) is 2.29. The molecule has 0 aliphatic heterocycles. The topological polar surface area (TPSA) is 23.8 Å². The van der Waals surface area contributed by atoms with Gasteiger partial charge in [0.05, 0.1) is 5.56 Å². The number of alkyl halides is 3. The highest BCUT2D eigenvalue weighted by Gasteiger charge is 2.30. The molecule has 1 radical (unpaired) electrons. The minimum absolute atomic E-state index is 0.0145. The van der Waals surface area contributed by atoms with Crippen LogP contribution in [-0.2, 0) is 6.18 Å². The standard InChI is InChI=1S/C13H15F3N/c14-13(15,16)11-5-1-9(2-6-11)10-3-7-12(17)8-4-10/h1-2,5-6,10,12,17H,3-4,7-8H2/t10-,12+. The molecule has 0 spiro atoms. The minimum atomic E-state index is -4.25. The van der Waals surface area contributed by atoms with E-state index in [1.54, 1.807) is 12.1 Å². The summed E-state index contributed by atoms with van der Waals surface area (Å²) in [5.74, 6) is 0.332. The van der Waals surface area contributed by atoms with Gasteiger partial charge in [-0.25, -0.2) is 0 Å². The lowest BCUT2D eigenvalue weighted by molar-refractivity contribution is -0.137. The van der Waals surface area contributed by atoms with E-state index in [2.05, 4.69) is 0 Å². The highest BCUT2D eigenvalue weighted by molar-refractivity contribution is 5.27. The third kappa shape index (κ3) is 3.00. The summed E-state index contributed by atoms with van der Waals surface area (Å²) in [5, 5.41) is 0. The summed E-state index contributed by atoms with van der Waals surface area (Å²) in [6.07, 6.45) is -0.714. The zero-order chi connectivity index (χ0) is 12.5. The van der Waals surface area contributed by atoms with Gasteiger partial charge in [0.15, 0.2) is 0 Å². The second-order valence-corrected chi connectivity index (χ2v) is 4.67. The van der Waals surface area contributed by atoms with Gasteiger partial charge in [0.2, 0.25) is 0 Å². The largest absolute Gasteiger partial charge is 0.416 e. The zero-order valence-electron chi connectivity index (χ0n) is 9.43. The molecule has 0 amide bonds. The molecule has 0 unspecified atom stereocenters. The van der Waals surface area contributed by atoms with Gasteiger partial charge in [-0.3, -0.25) is 5.73 Å². The molecule has 0 atom stereocenters. The van der Waals surface area contributed by atoms with Gasteiger partial charge in [-0.15, -0.1) is 0 Å². The summed E-state index contributed by atoms with van der Waals surface area (Å²) >= 11 is 0. The lowest BCUT2D eigenvalue weighted by atomic mass is 9.82. The van der Waals surface area contributed by atoms with Crippen molar-refractivity contribution >= 4 is 0 Å². The molecule has 0 heterocycles. The van der Waals surface area contributed by atoms with Gasteiger partial charge in [-0.05, 0) is 49.3 Å². The van der Waals surface area contributed by atoms with Crippen LogP contribution in [0.2, 0.25) is 0 Å². The lowest BCUT2D eigenvalue weighted by Gasteiger charge is -2.26. The highest BCUT2D eigenvalue weighted by Crippen LogP contribution is 2.35. The number of halogens is 3. The first-order chi connectivity index (χ1) is 7.97. The number of hydrogen-bond donors (Lipinski definition) is 0. The van der Waals surface area contributed by atoms with E-state index >= 15 is 0 Å². The number of hydrogen-bond acceptors (Lipinski definition) is 0. The molecule has 1 aliphatic rings. The first-order valence-corrected chi connectivity index (χ1v) is 5.85. The monoisotopic (exact) mass is 242 g/mol. The Bertz CT molecular complexity index is 361. The van der Waals surface area contributed by atoms with Crippen LogP contribution in [0.5, 0.6) is 0 Å². The third-order valence-corrected chi connectivity index (χ3v) is 3.44. The zero-order valence-corrected chi connectivity index (χ0v) is 9.43. The summed E-state index contributed by atoms with van der Waals surface area (Å²) in [5.41, 5.74) is 7.98. The molecule has 4 heteroatoms. The molecule has 1 aromatic carbocycles. The van der Waals surface area contributed by atoms with E-state index in [0.717, 1.165) is 43.4 Å². The SMILES string of the molecule is [NH][C@H]1CC[C@@H](c2ccc(C(F)(F)F)cc2)CC1. The molecule has 1 aliphatic carbocycles. The maximum Gasteiger partial charge on any atom is 0.416 e. The van der Waals surface area contributed by atoms with E-state index in [4.69, 9.17) is 5.73 Å². The van der Waals surface area contributed by atoms with Crippen LogP contribution in [0.4, 0.5) is 13.2 Å². The van der Waals surface area contributed by atoms with Crippen LogP contribution >= 0.6 is 0 Å². The molecule has 1 nitrogen and oxygen atoms in total. The van der Waals surface area contributed by atoms with Crippen molar-refractivity contribution in [1.82, 2.24) is 5.73 Å². The summed E-state index contributed by atoms with van der Waals surface area (Å²) in [6.45, 7) is 0. The van der Waals surface area contributed by atoms with Gasteiger partial charge in [0.1, 0.15) is 0 Å². The predicted molar refractivity (Wildman–Crippen MR) is 59.5 cm³/mol. The predicted octanol–water partition coefficient (Wildman–Crippen LogP) is 4.01. The third-order valence-electron chi connectivity index (χ3n) is 3.44. The smallest absolute Gasteiger partial charge is 0.255 e. The molecule has 1 fully saturated rings. The molecule has 1 N–H and O–H groups in total. The molecular formula is C13H15F3N. The van der Waals surface area contributed by atoms with Crippen molar-refractivity contribution in [1.29, 1.82) is 0 Å². The van der Waals surface area contributed by atoms with Crippen molar-refractivity contribution in [2.45, 2.75) is 43.8 Å². The Morgan fingerprint density at radius 1 is 0.941 bits per heavy atom. The van der Waals surface area contributed by atoms with Crippen LogP contribution in [0.3, 0.4) is 0 Å². The van der Waals surface area contributed by atoms with E-state index in [1.807, 2.05) is 0 Å². The average molecular weight is 242 g/mol. The first kappa shape index (κ1) is 12.4. The van der Waals surface area contributed by atoms with Crippen molar-refractivity contribution in [3.8, 4) is 0 Å². The highest BCUT2D eigenvalue weighted by atomic mass is 19.4. The quantitative estimate of drug-likeness (QED) is 0.710. The van der Waals surface area contributed by atoms with Gasteiger partial charge in [-0.2, -0.15) is 13.2 Å². The Labute approximate surface area is 98.8 Å². The van der Waals surface area contributed by atoms with E-state index in [0.29, 0.717) is 5.92 Å².